The molecule has 35 heavy (non-hydrogen) atoms. The summed E-state index contributed by atoms with van der Waals surface area (Å²) in [5.41, 5.74) is 2.49. The maximum Gasteiger partial charge on any atom is 0.261 e. The number of nitrogens with zero attached hydrogens (tertiary/aromatic N) is 4. The van der Waals surface area contributed by atoms with Crippen LogP contribution in [0.1, 0.15) is 24.4 Å². The van der Waals surface area contributed by atoms with E-state index in [1.807, 2.05) is 22.9 Å². The average Bonchev–Trinajstić information content (AvgIpc) is 3.56. The fourth-order valence-electron chi connectivity index (χ4n) is 3.59. The van der Waals surface area contributed by atoms with Crippen molar-refractivity contribution in [2.75, 3.05) is 10.0 Å². The van der Waals surface area contributed by atoms with Crippen molar-refractivity contribution in [3.05, 3.63) is 84.2 Å². The van der Waals surface area contributed by atoms with Crippen molar-refractivity contribution in [1.82, 2.24) is 20.2 Å². The molecular formula is C24H21FN6O3S. The number of nitrogens with one attached hydrogen (secondary N) is 2. The lowest BCUT2D eigenvalue weighted by Crippen LogP contribution is -2.15. The van der Waals surface area contributed by atoms with Crippen molar-refractivity contribution in [2.24, 2.45) is 0 Å². The number of rotatable bonds is 8. The van der Waals surface area contributed by atoms with Gasteiger partial charge in [-0.05, 0) is 77.4 Å². The van der Waals surface area contributed by atoms with Crippen molar-refractivity contribution >= 4 is 27.3 Å². The standard InChI is InChI=1S/C24H21FN6O3S/c25-18-6-12-22(13-7-18)35(33,34)28-19-8-4-16(5-9-19)14-23(32)26-20-3-1-2-17(15-20)24-27-29-30-31(24)21-10-11-21/h1-9,12-13,15,21,28H,10-11,14H2,(H,26,32). The van der Waals surface area contributed by atoms with E-state index >= 15 is 0 Å². The highest BCUT2D eigenvalue weighted by Crippen LogP contribution is 2.36. The van der Waals surface area contributed by atoms with Gasteiger partial charge < -0.3 is 5.32 Å². The number of halogens is 1. The molecule has 1 saturated carbocycles. The first kappa shape index (κ1) is 22.7. The topological polar surface area (TPSA) is 119 Å². The molecule has 1 heterocycles. The summed E-state index contributed by atoms with van der Waals surface area (Å²) in [5, 5.41) is 14.8. The third-order valence-corrected chi connectivity index (χ3v) is 6.88. The van der Waals surface area contributed by atoms with Crippen LogP contribution in [-0.4, -0.2) is 34.5 Å². The molecule has 3 aromatic carbocycles. The number of benzene rings is 3. The minimum Gasteiger partial charge on any atom is -0.326 e. The van der Waals surface area contributed by atoms with Crippen molar-refractivity contribution in [3.8, 4) is 11.4 Å². The largest absolute Gasteiger partial charge is 0.326 e. The van der Waals surface area contributed by atoms with Crippen LogP contribution in [0.4, 0.5) is 15.8 Å². The van der Waals surface area contributed by atoms with Crippen LogP contribution in [0.2, 0.25) is 0 Å². The van der Waals surface area contributed by atoms with E-state index in [2.05, 4.69) is 25.6 Å². The Kier molecular flexibility index (Phi) is 6.00. The predicted octanol–water partition coefficient (Wildman–Crippen LogP) is 3.80. The Balaban J connectivity index is 1.21. The number of sulfonamides is 1. The van der Waals surface area contributed by atoms with Gasteiger partial charge in [0.2, 0.25) is 5.91 Å². The van der Waals surface area contributed by atoms with Gasteiger partial charge in [0.25, 0.3) is 10.0 Å². The molecule has 0 unspecified atom stereocenters. The van der Waals surface area contributed by atoms with Gasteiger partial charge in [-0.25, -0.2) is 17.5 Å². The molecule has 9 nitrogen and oxygen atoms in total. The average molecular weight is 493 g/mol. The monoisotopic (exact) mass is 492 g/mol. The van der Waals surface area contributed by atoms with Crippen LogP contribution >= 0.6 is 0 Å². The zero-order valence-corrected chi connectivity index (χ0v) is 19.2. The first-order chi connectivity index (χ1) is 16.9. The van der Waals surface area contributed by atoms with Crippen molar-refractivity contribution in [2.45, 2.75) is 30.2 Å². The van der Waals surface area contributed by atoms with Crippen LogP contribution < -0.4 is 10.0 Å². The Hall–Kier alpha value is -4.12. The van der Waals surface area contributed by atoms with Crippen LogP contribution in [0.15, 0.2) is 77.7 Å². The highest BCUT2D eigenvalue weighted by molar-refractivity contribution is 7.92. The van der Waals surface area contributed by atoms with Gasteiger partial charge in [0.15, 0.2) is 5.82 Å². The lowest BCUT2D eigenvalue weighted by Gasteiger charge is -2.10. The molecule has 0 saturated heterocycles. The van der Waals surface area contributed by atoms with E-state index in [-0.39, 0.29) is 17.2 Å². The summed E-state index contributed by atoms with van der Waals surface area (Å²) in [4.78, 5) is 12.5. The summed E-state index contributed by atoms with van der Waals surface area (Å²) in [5.74, 6) is -0.0669. The first-order valence-corrected chi connectivity index (χ1v) is 12.4. The molecule has 178 valence electrons. The molecule has 0 spiro atoms. The molecule has 4 aromatic rings. The summed E-state index contributed by atoms with van der Waals surface area (Å²) in [6.45, 7) is 0. The molecular weight excluding hydrogens is 471 g/mol. The van der Waals surface area contributed by atoms with E-state index in [0.29, 0.717) is 28.8 Å². The summed E-state index contributed by atoms with van der Waals surface area (Å²) in [6, 6.07) is 18.7. The normalized spacial score (nSPS) is 13.4. The minimum absolute atomic E-state index is 0.0456. The Bertz CT molecular complexity index is 1470. The Morgan fingerprint density at radius 2 is 1.74 bits per heavy atom. The fourth-order valence-corrected chi connectivity index (χ4v) is 4.65. The van der Waals surface area contributed by atoms with Crippen LogP contribution in [0.25, 0.3) is 11.4 Å². The van der Waals surface area contributed by atoms with Crippen LogP contribution in [-0.2, 0) is 21.2 Å². The van der Waals surface area contributed by atoms with Gasteiger partial charge in [-0.1, -0.05) is 24.3 Å². The number of amides is 1. The second-order valence-corrected chi connectivity index (χ2v) is 9.92. The SMILES string of the molecule is O=C(Cc1ccc(NS(=O)(=O)c2ccc(F)cc2)cc1)Nc1cccc(-c2nnnn2C2CC2)c1. The maximum absolute atomic E-state index is 13.1. The molecule has 0 bridgehead atoms. The Labute approximate surface area is 201 Å². The molecule has 0 radical (unpaired) electrons. The first-order valence-electron chi connectivity index (χ1n) is 10.9. The van der Waals surface area contributed by atoms with Gasteiger partial charge in [0.05, 0.1) is 17.4 Å². The zero-order chi connectivity index (χ0) is 24.4. The second kappa shape index (κ2) is 9.26. The Morgan fingerprint density at radius 3 is 2.46 bits per heavy atom. The Morgan fingerprint density at radius 1 is 1.00 bits per heavy atom. The molecule has 0 aliphatic heterocycles. The van der Waals surface area contributed by atoms with E-state index in [0.717, 1.165) is 30.5 Å². The highest BCUT2D eigenvalue weighted by Gasteiger charge is 2.28. The number of hydrogen-bond acceptors (Lipinski definition) is 6. The quantitative estimate of drug-likeness (QED) is 0.386. The van der Waals surface area contributed by atoms with Crippen LogP contribution in [0.3, 0.4) is 0 Å². The highest BCUT2D eigenvalue weighted by atomic mass is 32.2. The van der Waals surface area contributed by atoms with E-state index in [1.165, 1.54) is 12.1 Å². The van der Waals surface area contributed by atoms with E-state index in [9.17, 15) is 17.6 Å². The summed E-state index contributed by atoms with van der Waals surface area (Å²) in [7, 11) is -3.85. The van der Waals surface area contributed by atoms with Gasteiger partial charge >= 0.3 is 0 Å². The van der Waals surface area contributed by atoms with E-state index < -0.39 is 15.8 Å². The summed E-state index contributed by atoms with van der Waals surface area (Å²) in [6.07, 6.45) is 2.22. The number of aromatic nitrogens is 4. The molecule has 0 atom stereocenters. The maximum atomic E-state index is 13.1. The predicted molar refractivity (Wildman–Crippen MR) is 128 cm³/mol. The summed E-state index contributed by atoms with van der Waals surface area (Å²) < 4.78 is 42.2. The fraction of sp³-hybridized carbons (Fsp3) is 0.167. The van der Waals surface area contributed by atoms with Crippen molar-refractivity contribution in [1.29, 1.82) is 0 Å². The lowest BCUT2D eigenvalue weighted by molar-refractivity contribution is -0.115. The number of anilines is 2. The van der Waals surface area contributed by atoms with Gasteiger partial charge in [0, 0.05) is 16.9 Å². The number of carbonyl (C=O) groups excluding carboxylic acids is 1. The van der Waals surface area contributed by atoms with Gasteiger partial charge in [-0.3, -0.25) is 9.52 Å². The minimum atomic E-state index is -3.85. The molecule has 11 heteroatoms. The molecule has 1 aromatic heterocycles. The van der Waals surface area contributed by atoms with Crippen LogP contribution in [0.5, 0.6) is 0 Å². The third-order valence-electron chi connectivity index (χ3n) is 5.48. The van der Waals surface area contributed by atoms with Gasteiger partial charge in [0.1, 0.15) is 5.82 Å². The zero-order valence-electron chi connectivity index (χ0n) is 18.4. The second-order valence-electron chi connectivity index (χ2n) is 8.24. The molecule has 1 fully saturated rings. The molecule has 1 aliphatic rings. The van der Waals surface area contributed by atoms with E-state index in [4.69, 9.17) is 0 Å². The molecule has 1 amide bonds. The number of tetrazole rings is 1. The van der Waals surface area contributed by atoms with E-state index in [1.54, 1.807) is 30.3 Å². The number of carbonyl (C=O) groups is 1. The third kappa shape index (κ3) is 5.35. The number of hydrogen-bond donors (Lipinski definition) is 2. The van der Waals surface area contributed by atoms with Crippen LogP contribution in [0, 0.1) is 5.82 Å². The molecule has 1 aliphatic carbocycles. The molecule has 2 N–H and O–H groups in total. The lowest BCUT2D eigenvalue weighted by atomic mass is 10.1. The van der Waals surface area contributed by atoms with Gasteiger partial charge in [-0.2, -0.15) is 0 Å². The van der Waals surface area contributed by atoms with Crippen molar-refractivity contribution in [3.63, 3.8) is 0 Å². The smallest absolute Gasteiger partial charge is 0.261 e. The van der Waals surface area contributed by atoms with Crippen molar-refractivity contribution < 1.29 is 17.6 Å². The van der Waals surface area contributed by atoms with Gasteiger partial charge in [-0.15, -0.1) is 5.10 Å². The molecule has 5 rings (SSSR count). The summed E-state index contributed by atoms with van der Waals surface area (Å²) >= 11 is 0.